The zero-order valence-corrected chi connectivity index (χ0v) is 52.5. The molecule has 0 bridgehead atoms. The Hall–Kier alpha value is -1.65. The average Bonchev–Trinajstić information content (AvgIpc) is 3.43. The summed E-state index contributed by atoms with van der Waals surface area (Å²) in [6.07, 6.45) is 96.3. The molecule has 0 radical (unpaired) electrons. The van der Waals surface area contributed by atoms with E-state index in [-0.39, 0.29) is 12.5 Å². The van der Waals surface area contributed by atoms with Crippen LogP contribution in [0.5, 0.6) is 0 Å². The molecule has 0 aliphatic heterocycles. The molecule has 454 valence electrons. The van der Waals surface area contributed by atoms with Crippen LogP contribution in [-0.4, -0.2) is 34.9 Å². The quantitative estimate of drug-likeness (QED) is 0.0420. The molecule has 0 heterocycles. The first kappa shape index (κ1) is 75.3. The standard InChI is InChI=1S/C73H139NO3/c1-3-5-7-9-11-13-15-17-19-21-23-25-27-29-31-32-33-34-35-36-37-38-39-40-41-42-43-45-47-49-51-53-55-57-59-61-63-65-67-69-73(77)74-71(70-75)72(76)68-66-64-62-60-58-56-54-52-50-48-46-44-30-28-26-24-22-20-18-16-14-12-10-8-6-4-2/h15,17,21,23,27,29,66,68,71-72,75-76H,3-14,16,18-20,22,24-26,28,30-65,67,69-70H2,1-2H3,(H,74,77)/b17-15-,23-21-,29-27-,68-66+. The molecule has 0 aromatic rings. The monoisotopic (exact) mass is 1080 g/mol. The van der Waals surface area contributed by atoms with Crippen LogP contribution in [0.25, 0.3) is 0 Å². The molecule has 4 nitrogen and oxygen atoms in total. The summed E-state index contributed by atoms with van der Waals surface area (Å²) in [4.78, 5) is 12.5. The zero-order valence-electron chi connectivity index (χ0n) is 52.5. The molecular weight excluding hydrogens is 939 g/mol. The first-order valence-electron chi connectivity index (χ1n) is 35.4. The van der Waals surface area contributed by atoms with Gasteiger partial charge >= 0.3 is 0 Å². The van der Waals surface area contributed by atoms with Gasteiger partial charge in [-0.15, -0.1) is 0 Å². The van der Waals surface area contributed by atoms with Crippen molar-refractivity contribution in [3.8, 4) is 0 Å². The fourth-order valence-electron chi connectivity index (χ4n) is 11.2. The van der Waals surface area contributed by atoms with Crippen molar-refractivity contribution in [2.75, 3.05) is 6.61 Å². The van der Waals surface area contributed by atoms with Crippen LogP contribution in [0.2, 0.25) is 0 Å². The summed E-state index contributed by atoms with van der Waals surface area (Å²) in [7, 11) is 0. The number of aliphatic hydroxyl groups excluding tert-OH is 2. The van der Waals surface area contributed by atoms with Gasteiger partial charge in [-0.3, -0.25) is 4.79 Å². The van der Waals surface area contributed by atoms with Crippen molar-refractivity contribution in [3.63, 3.8) is 0 Å². The van der Waals surface area contributed by atoms with Crippen molar-refractivity contribution in [2.24, 2.45) is 0 Å². The second kappa shape index (κ2) is 68.6. The highest BCUT2D eigenvalue weighted by Gasteiger charge is 2.18. The third kappa shape index (κ3) is 65.0. The average molecular weight is 1080 g/mol. The predicted octanol–water partition coefficient (Wildman–Crippen LogP) is 24.1. The van der Waals surface area contributed by atoms with Crippen LogP contribution in [0.1, 0.15) is 393 Å². The van der Waals surface area contributed by atoms with Gasteiger partial charge in [-0.05, 0) is 57.8 Å². The van der Waals surface area contributed by atoms with E-state index in [0.29, 0.717) is 6.42 Å². The maximum atomic E-state index is 12.5. The number of aliphatic hydroxyl groups is 2. The summed E-state index contributed by atoms with van der Waals surface area (Å²) >= 11 is 0. The first-order valence-corrected chi connectivity index (χ1v) is 35.4. The number of carbonyl (C=O) groups excluding carboxylic acids is 1. The Morgan fingerprint density at radius 3 is 0.792 bits per heavy atom. The van der Waals surface area contributed by atoms with Gasteiger partial charge in [0.25, 0.3) is 0 Å². The lowest BCUT2D eigenvalue weighted by Crippen LogP contribution is -2.45. The molecular formula is C73H139NO3. The Balaban J connectivity index is 3.41. The van der Waals surface area contributed by atoms with Gasteiger partial charge in [-0.2, -0.15) is 0 Å². The molecule has 0 saturated carbocycles. The molecule has 2 atom stereocenters. The summed E-state index contributed by atoms with van der Waals surface area (Å²) in [6, 6.07) is -0.622. The molecule has 77 heavy (non-hydrogen) atoms. The van der Waals surface area contributed by atoms with Crippen molar-refractivity contribution < 1.29 is 15.0 Å². The van der Waals surface area contributed by atoms with E-state index >= 15 is 0 Å². The highest BCUT2D eigenvalue weighted by Crippen LogP contribution is 2.19. The summed E-state index contributed by atoms with van der Waals surface area (Å²) in [5.74, 6) is -0.0558. The lowest BCUT2D eigenvalue weighted by atomic mass is 10.0. The van der Waals surface area contributed by atoms with E-state index in [4.69, 9.17) is 0 Å². The lowest BCUT2D eigenvalue weighted by Gasteiger charge is -2.20. The summed E-state index contributed by atoms with van der Waals surface area (Å²) in [5.41, 5.74) is 0. The van der Waals surface area contributed by atoms with E-state index in [2.05, 4.69) is 55.6 Å². The fourth-order valence-corrected chi connectivity index (χ4v) is 11.2. The minimum absolute atomic E-state index is 0.0558. The van der Waals surface area contributed by atoms with Crippen molar-refractivity contribution >= 4 is 5.91 Å². The SMILES string of the molecule is CCCCCCC/C=C\C/C=C\C/C=C\CCCCCCCCCCCCCCCCCCCCCCCCCCC(=O)NC(CO)C(O)/C=C/CCCCCCCCCCCCCCCCCCCCCCCCCC. The second-order valence-corrected chi connectivity index (χ2v) is 24.3. The molecule has 0 spiro atoms. The Morgan fingerprint density at radius 2 is 0.532 bits per heavy atom. The molecule has 0 aromatic heterocycles. The molecule has 0 fully saturated rings. The number of unbranched alkanes of at least 4 members (excludes halogenated alkanes) is 53. The number of allylic oxidation sites excluding steroid dienone is 7. The van der Waals surface area contributed by atoms with E-state index in [0.717, 1.165) is 38.5 Å². The summed E-state index contributed by atoms with van der Waals surface area (Å²) in [6.45, 7) is 4.34. The van der Waals surface area contributed by atoms with E-state index in [1.54, 1.807) is 6.08 Å². The Morgan fingerprint density at radius 1 is 0.312 bits per heavy atom. The molecule has 0 rings (SSSR count). The molecule has 0 saturated heterocycles. The van der Waals surface area contributed by atoms with Crippen LogP contribution < -0.4 is 5.32 Å². The fraction of sp³-hybridized carbons (Fsp3) is 0.877. The Bertz CT molecular complexity index is 1220. The molecule has 4 heteroatoms. The van der Waals surface area contributed by atoms with Crippen LogP contribution in [0.15, 0.2) is 48.6 Å². The van der Waals surface area contributed by atoms with Gasteiger partial charge in [0.15, 0.2) is 0 Å². The van der Waals surface area contributed by atoms with Gasteiger partial charge in [0.1, 0.15) is 0 Å². The Kier molecular flexibility index (Phi) is 67.2. The minimum Gasteiger partial charge on any atom is -0.394 e. The highest BCUT2D eigenvalue weighted by molar-refractivity contribution is 5.76. The predicted molar refractivity (Wildman–Crippen MR) is 345 cm³/mol. The third-order valence-corrected chi connectivity index (χ3v) is 16.6. The van der Waals surface area contributed by atoms with Crippen LogP contribution in [0.4, 0.5) is 0 Å². The highest BCUT2D eigenvalue weighted by atomic mass is 16.3. The number of rotatable bonds is 66. The van der Waals surface area contributed by atoms with E-state index in [9.17, 15) is 15.0 Å². The van der Waals surface area contributed by atoms with Crippen LogP contribution in [0, 0.1) is 0 Å². The topological polar surface area (TPSA) is 69.6 Å². The molecule has 0 aliphatic carbocycles. The smallest absolute Gasteiger partial charge is 0.220 e. The van der Waals surface area contributed by atoms with Crippen LogP contribution in [0.3, 0.4) is 0 Å². The van der Waals surface area contributed by atoms with Crippen molar-refractivity contribution in [2.45, 2.75) is 405 Å². The number of amides is 1. The van der Waals surface area contributed by atoms with Crippen molar-refractivity contribution in [3.05, 3.63) is 48.6 Å². The number of hydrogen-bond acceptors (Lipinski definition) is 3. The van der Waals surface area contributed by atoms with Gasteiger partial charge in [-0.25, -0.2) is 0 Å². The van der Waals surface area contributed by atoms with E-state index in [1.807, 2.05) is 6.08 Å². The van der Waals surface area contributed by atoms with Gasteiger partial charge in [0.05, 0.1) is 18.8 Å². The van der Waals surface area contributed by atoms with Gasteiger partial charge < -0.3 is 15.5 Å². The molecule has 3 N–H and O–H groups in total. The number of nitrogens with one attached hydrogen (secondary N) is 1. The lowest BCUT2D eigenvalue weighted by molar-refractivity contribution is -0.123. The number of carbonyl (C=O) groups is 1. The zero-order chi connectivity index (χ0) is 55.5. The number of hydrogen-bond donors (Lipinski definition) is 3. The minimum atomic E-state index is -0.840. The molecule has 0 aromatic carbocycles. The van der Waals surface area contributed by atoms with E-state index in [1.165, 1.54) is 334 Å². The summed E-state index contributed by atoms with van der Waals surface area (Å²) < 4.78 is 0. The van der Waals surface area contributed by atoms with E-state index < -0.39 is 12.1 Å². The van der Waals surface area contributed by atoms with Crippen LogP contribution in [-0.2, 0) is 4.79 Å². The maximum Gasteiger partial charge on any atom is 0.220 e. The van der Waals surface area contributed by atoms with Gasteiger partial charge in [-0.1, -0.05) is 377 Å². The normalized spacial score (nSPS) is 12.9. The van der Waals surface area contributed by atoms with Gasteiger partial charge in [0, 0.05) is 6.42 Å². The maximum absolute atomic E-state index is 12.5. The molecule has 1 amide bonds. The molecule has 2 unspecified atom stereocenters. The molecule has 0 aliphatic rings. The first-order chi connectivity index (χ1) is 38.2. The summed E-state index contributed by atoms with van der Waals surface area (Å²) in [5, 5.41) is 23.3. The van der Waals surface area contributed by atoms with Crippen LogP contribution >= 0.6 is 0 Å². The second-order valence-electron chi connectivity index (χ2n) is 24.3. The van der Waals surface area contributed by atoms with Crippen molar-refractivity contribution in [1.82, 2.24) is 5.32 Å². The third-order valence-electron chi connectivity index (χ3n) is 16.6. The van der Waals surface area contributed by atoms with Crippen molar-refractivity contribution in [1.29, 1.82) is 0 Å². The Labute approximate surface area is 484 Å². The van der Waals surface area contributed by atoms with Gasteiger partial charge in [0.2, 0.25) is 5.91 Å². The largest absolute Gasteiger partial charge is 0.394 e.